The molecule has 0 unspecified atom stereocenters. The van der Waals surface area contributed by atoms with Gasteiger partial charge in [0, 0.05) is 63.8 Å². The molecule has 4 N–H and O–H groups in total. The summed E-state index contributed by atoms with van der Waals surface area (Å²) in [6, 6.07) is 15.0. The van der Waals surface area contributed by atoms with Crippen molar-refractivity contribution in [3.63, 3.8) is 0 Å². The van der Waals surface area contributed by atoms with Crippen molar-refractivity contribution in [1.82, 2.24) is 9.80 Å². The Labute approximate surface area is 183 Å². The number of hydrogen-bond donors (Lipinski definition) is 0. The van der Waals surface area contributed by atoms with Crippen molar-refractivity contribution in [3.05, 3.63) is 59.7 Å². The number of hydrogen-bond acceptors (Lipinski definition) is 4. The largest absolute Gasteiger partial charge is 5.00 e. The molecule has 2 heterocycles. The van der Waals surface area contributed by atoms with Crippen molar-refractivity contribution in [2.45, 2.75) is 0 Å². The fraction of sp³-hybridized carbons (Fsp3) is 0.364. The van der Waals surface area contributed by atoms with E-state index in [1.807, 2.05) is 36.4 Å². The molecule has 29 heavy (non-hydrogen) atoms. The Morgan fingerprint density at radius 2 is 1.07 bits per heavy atom. The summed E-state index contributed by atoms with van der Waals surface area (Å²) in [5.41, 5.74) is 1.80. The van der Waals surface area contributed by atoms with E-state index < -0.39 is 0 Å². The van der Waals surface area contributed by atoms with E-state index >= 15 is 0 Å². The SMILES string of the molecule is [Fe+5].[OH2+]c1ccccc1C=NCCN1CC1.[OH2+]c1ccccc1C=NCCN1CC1. The van der Waals surface area contributed by atoms with Crippen LogP contribution in [0, 0.1) is 0 Å². The molecule has 2 aromatic carbocycles. The fourth-order valence-electron chi connectivity index (χ4n) is 2.53. The average molecular weight is 438 g/mol. The molecule has 0 amide bonds. The van der Waals surface area contributed by atoms with Crippen LogP contribution in [0.4, 0.5) is 0 Å². The molecule has 1 radical (unpaired) electrons. The third kappa shape index (κ3) is 9.24. The molecule has 2 fully saturated rings. The van der Waals surface area contributed by atoms with Crippen LogP contribution in [0.15, 0.2) is 58.5 Å². The second-order valence-corrected chi connectivity index (χ2v) is 6.93. The van der Waals surface area contributed by atoms with Crippen LogP contribution in [-0.4, -0.2) is 84.8 Å². The Morgan fingerprint density at radius 1 is 0.690 bits per heavy atom. The minimum Gasteiger partial charge on any atom is -0.593 e. The first kappa shape index (κ1) is 23.1. The maximum atomic E-state index is 7.60. The minimum absolute atomic E-state index is 0. The van der Waals surface area contributed by atoms with Crippen molar-refractivity contribution >= 4 is 12.4 Å². The summed E-state index contributed by atoms with van der Waals surface area (Å²) >= 11 is 0. The Kier molecular flexibility index (Phi) is 9.88. The summed E-state index contributed by atoms with van der Waals surface area (Å²) < 4.78 is 0. The Morgan fingerprint density at radius 3 is 1.41 bits per heavy atom. The van der Waals surface area contributed by atoms with Gasteiger partial charge in [0.15, 0.2) is 0 Å². The third-order valence-corrected chi connectivity index (χ3v) is 4.55. The van der Waals surface area contributed by atoms with Crippen LogP contribution in [0.2, 0.25) is 0 Å². The van der Waals surface area contributed by atoms with Crippen molar-refractivity contribution in [3.8, 4) is 11.5 Å². The van der Waals surface area contributed by atoms with Crippen LogP contribution in [0.5, 0.6) is 11.5 Å². The Balaban J connectivity index is 0.000000200. The zero-order chi connectivity index (χ0) is 19.6. The predicted octanol–water partition coefficient (Wildman–Crippen LogP) is 1.72. The molecule has 2 aliphatic rings. The number of benzene rings is 2. The third-order valence-electron chi connectivity index (χ3n) is 4.55. The molecule has 0 atom stereocenters. The molecule has 7 heteroatoms. The van der Waals surface area contributed by atoms with E-state index in [-0.39, 0.29) is 17.1 Å². The smallest absolute Gasteiger partial charge is 0.593 e. The van der Waals surface area contributed by atoms with Gasteiger partial charge in [-0.15, -0.1) is 0 Å². The molecule has 4 rings (SSSR count). The molecule has 0 bridgehead atoms. The molecule has 151 valence electrons. The number of rotatable bonds is 8. The summed E-state index contributed by atoms with van der Waals surface area (Å²) in [5, 5.41) is 15.2. The van der Waals surface area contributed by atoms with Crippen LogP contribution in [0.25, 0.3) is 0 Å². The van der Waals surface area contributed by atoms with Gasteiger partial charge in [0.25, 0.3) is 11.5 Å². The van der Waals surface area contributed by atoms with Gasteiger partial charge in [-0.05, 0) is 12.1 Å². The topological polar surface area (TPSA) is 76.5 Å². The van der Waals surface area contributed by atoms with Crippen molar-refractivity contribution in [2.75, 3.05) is 52.4 Å². The molecule has 6 nitrogen and oxygen atoms in total. The van der Waals surface area contributed by atoms with Crippen molar-refractivity contribution in [1.29, 1.82) is 0 Å². The first-order valence-corrected chi connectivity index (χ1v) is 9.78. The van der Waals surface area contributed by atoms with Crippen LogP contribution >= 0.6 is 0 Å². The first-order valence-electron chi connectivity index (χ1n) is 9.78. The van der Waals surface area contributed by atoms with E-state index in [9.17, 15) is 0 Å². The number of para-hydroxylation sites is 2. The zero-order valence-corrected chi connectivity index (χ0v) is 17.7. The molecule has 0 aromatic heterocycles. The van der Waals surface area contributed by atoms with Gasteiger partial charge in [0.2, 0.25) is 0 Å². The van der Waals surface area contributed by atoms with Crippen LogP contribution < -0.4 is 0 Å². The van der Waals surface area contributed by atoms with Gasteiger partial charge in [-0.25, -0.2) is 0 Å². The number of aliphatic imine (C=N–C) groups is 2. The summed E-state index contributed by atoms with van der Waals surface area (Å²) in [4.78, 5) is 13.3. The predicted molar refractivity (Wildman–Crippen MR) is 117 cm³/mol. The Bertz CT molecular complexity index is 737. The monoisotopic (exact) mass is 438 g/mol. The average Bonchev–Trinajstić information content (AvgIpc) is 3.61. The van der Waals surface area contributed by atoms with E-state index in [0.717, 1.165) is 37.3 Å². The molecule has 0 spiro atoms. The van der Waals surface area contributed by atoms with E-state index in [1.165, 1.54) is 26.2 Å². The van der Waals surface area contributed by atoms with Crippen LogP contribution in [-0.2, 0) is 17.1 Å². The van der Waals surface area contributed by atoms with Gasteiger partial charge in [0.1, 0.15) is 0 Å². The molecule has 2 saturated heterocycles. The molecule has 0 saturated carbocycles. The maximum absolute atomic E-state index is 7.60. The van der Waals surface area contributed by atoms with Gasteiger partial charge in [-0.2, -0.15) is 0 Å². The molecule has 2 aliphatic heterocycles. The van der Waals surface area contributed by atoms with Gasteiger partial charge < -0.3 is 10.2 Å². The summed E-state index contributed by atoms with van der Waals surface area (Å²) in [6.45, 7) is 8.69. The summed E-state index contributed by atoms with van der Waals surface area (Å²) in [6.07, 6.45) is 3.59. The van der Waals surface area contributed by atoms with Crippen molar-refractivity contribution in [2.24, 2.45) is 9.98 Å². The second-order valence-electron chi connectivity index (χ2n) is 6.93. The Hall–Kier alpha value is -2.18. The first-order chi connectivity index (χ1) is 13.7. The molecule has 0 aliphatic carbocycles. The van der Waals surface area contributed by atoms with Crippen molar-refractivity contribution < 1.29 is 27.3 Å². The van der Waals surface area contributed by atoms with E-state index in [2.05, 4.69) is 19.8 Å². The molecule has 2 aromatic rings. The number of nitrogens with zero attached hydrogens (tertiary/aromatic N) is 4. The fourth-order valence-corrected chi connectivity index (χ4v) is 2.53. The summed E-state index contributed by atoms with van der Waals surface area (Å²) in [5.74, 6) is 1.09. The second kappa shape index (κ2) is 12.4. The minimum atomic E-state index is 0. The van der Waals surface area contributed by atoms with Gasteiger partial charge in [-0.1, -0.05) is 24.3 Å². The van der Waals surface area contributed by atoms with E-state index in [4.69, 9.17) is 10.2 Å². The van der Waals surface area contributed by atoms with Gasteiger partial charge in [0.05, 0.1) is 24.2 Å². The molecular weight excluding hydrogens is 408 g/mol. The quantitative estimate of drug-likeness (QED) is 0.272. The van der Waals surface area contributed by atoms with Crippen LogP contribution in [0.1, 0.15) is 11.1 Å². The molecular formula is C22H30FeN4O2+7. The van der Waals surface area contributed by atoms with Crippen LogP contribution in [0.3, 0.4) is 0 Å². The maximum Gasteiger partial charge on any atom is 5.00 e. The zero-order valence-electron chi connectivity index (χ0n) is 16.6. The normalized spacial score (nSPS) is 15.7. The summed E-state index contributed by atoms with van der Waals surface area (Å²) in [7, 11) is 0. The standard InChI is InChI=1S/2C11H14N2O.Fe/c2*14-11-4-2-1-3-10(11)9-12-5-6-13-7-8-13;/h2*1-4,9,14H,5-8H2;/q;;+5/p+2. The van der Waals surface area contributed by atoms with Gasteiger partial charge in [-0.3, -0.25) is 19.8 Å². The van der Waals surface area contributed by atoms with E-state index in [0.29, 0.717) is 11.5 Å². The van der Waals surface area contributed by atoms with E-state index in [1.54, 1.807) is 24.6 Å². The van der Waals surface area contributed by atoms with Gasteiger partial charge >= 0.3 is 17.1 Å².